The Labute approximate surface area is 136 Å². The highest BCUT2D eigenvalue weighted by Crippen LogP contribution is 2.39. The minimum Gasteiger partial charge on any atom is -0.472 e. The van der Waals surface area contributed by atoms with Crippen LogP contribution in [0.5, 0.6) is 5.88 Å². The van der Waals surface area contributed by atoms with Crippen molar-refractivity contribution in [1.82, 2.24) is 9.78 Å². The van der Waals surface area contributed by atoms with Crippen LogP contribution < -0.4 is 4.74 Å². The maximum Gasteiger partial charge on any atom is 0.446 e. The smallest absolute Gasteiger partial charge is 0.446 e. The molecule has 0 saturated carbocycles. The molecule has 1 heterocycles. The third-order valence-electron chi connectivity index (χ3n) is 2.62. The minimum atomic E-state index is -4.45. The Morgan fingerprint density at radius 1 is 1.41 bits per heavy atom. The van der Waals surface area contributed by atoms with E-state index in [1.165, 1.54) is 22.9 Å². The topological polar surface area (TPSA) is 44.1 Å². The molecule has 0 aliphatic rings. The lowest BCUT2D eigenvalue weighted by molar-refractivity contribution is -0.0328. The normalized spacial score (nSPS) is 11.5. The van der Waals surface area contributed by atoms with Crippen LogP contribution in [0, 0.1) is 0 Å². The summed E-state index contributed by atoms with van der Waals surface area (Å²) in [5, 5.41) is 3.97. The van der Waals surface area contributed by atoms with Gasteiger partial charge in [0.15, 0.2) is 0 Å². The van der Waals surface area contributed by atoms with Crippen molar-refractivity contribution in [3.63, 3.8) is 0 Å². The van der Waals surface area contributed by atoms with Crippen molar-refractivity contribution < 1.29 is 22.7 Å². The monoisotopic (exact) mass is 394 g/mol. The standard InChI is InChI=1S/C13H10BrF3N2O2S/c1-19-6-5-11(18-19)21-7-9-8(12(14)20)3-2-4-10(9)22-13(15,16)17/h2-6H,7H2,1H3. The second kappa shape index (κ2) is 6.74. The molecule has 0 spiro atoms. The number of nitrogens with zero attached hydrogens (tertiary/aromatic N) is 2. The molecule has 0 aliphatic heterocycles. The minimum absolute atomic E-state index is 0.0752. The highest BCUT2D eigenvalue weighted by Gasteiger charge is 2.31. The zero-order valence-electron chi connectivity index (χ0n) is 11.2. The van der Waals surface area contributed by atoms with Gasteiger partial charge in [0.2, 0.25) is 10.6 Å². The fourth-order valence-corrected chi connectivity index (χ4v) is 2.80. The van der Waals surface area contributed by atoms with Crippen molar-refractivity contribution in [2.45, 2.75) is 17.0 Å². The van der Waals surface area contributed by atoms with Gasteiger partial charge in [-0.3, -0.25) is 9.48 Å². The summed E-state index contributed by atoms with van der Waals surface area (Å²) in [4.78, 5) is 11.5. The van der Waals surface area contributed by atoms with Gasteiger partial charge in [0.25, 0.3) is 0 Å². The molecule has 0 fully saturated rings. The summed E-state index contributed by atoms with van der Waals surface area (Å²) in [6.45, 7) is -0.192. The Morgan fingerprint density at radius 2 is 2.14 bits per heavy atom. The second-order valence-corrected chi connectivity index (χ2v) is 6.05. The number of halogens is 4. The van der Waals surface area contributed by atoms with Gasteiger partial charge < -0.3 is 4.74 Å². The van der Waals surface area contributed by atoms with Crippen molar-refractivity contribution in [2.24, 2.45) is 7.05 Å². The van der Waals surface area contributed by atoms with Crippen LogP contribution in [0.2, 0.25) is 0 Å². The average Bonchev–Trinajstić information content (AvgIpc) is 2.81. The van der Waals surface area contributed by atoms with Gasteiger partial charge in [0.05, 0.1) is 0 Å². The number of ether oxygens (including phenoxy) is 1. The molecular formula is C13H10BrF3N2O2S. The Hall–Kier alpha value is -1.48. The first-order valence-electron chi connectivity index (χ1n) is 5.96. The number of carbonyl (C=O) groups is 1. The van der Waals surface area contributed by atoms with Crippen LogP contribution in [0.25, 0.3) is 0 Å². The lowest BCUT2D eigenvalue weighted by atomic mass is 10.1. The average molecular weight is 395 g/mol. The van der Waals surface area contributed by atoms with Crippen LogP contribution in [0.4, 0.5) is 13.2 Å². The van der Waals surface area contributed by atoms with E-state index in [1.54, 1.807) is 19.3 Å². The summed E-state index contributed by atoms with van der Waals surface area (Å²) >= 11 is 2.49. The van der Waals surface area contributed by atoms with E-state index < -0.39 is 10.2 Å². The summed E-state index contributed by atoms with van der Waals surface area (Å²) in [5.41, 5.74) is -4.16. The molecule has 9 heteroatoms. The number of carbonyl (C=O) groups excluding carboxylic acids is 1. The van der Waals surface area contributed by atoms with Gasteiger partial charge >= 0.3 is 5.51 Å². The zero-order valence-corrected chi connectivity index (χ0v) is 13.6. The second-order valence-electron chi connectivity index (χ2n) is 4.22. The van der Waals surface area contributed by atoms with E-state index in [-0.39, 0.29) is 40.3 Å². The fourth-order valence-electron chi connectivity index (χ4n) is 1.74. The Bertz CT molecular complexity index is 688. The molecule has 1 aromatic heterocycles. The molecule has 2 aromatic rings. The van der Waals surface area contributed by atoms with Gasteiger partial charge in [-0.2, -0.15) is 13.2 Å². The SMILES string of the molecule is Cn1ccc(OCc2c(SC(F)(F)F)cccc2C(=O)Br)n1. The van der Waals surface area contributed by atoms with Crippen molar-refractivity contribution >= 4 is 32.4 Å². The van der Waals surface area contributed by atoms with Crippen molar-refractivity contribution in [1.29, 1.82) is 0 Å². The maximum absolute atomic E-state index is 12.6. The number of thioether (sulfide) groups is 1. The van der Waals surface area contributed by atoms with E-state index in [0.29, 0.717) is 0 Å². The number of rotatable bonds is 5. The number of aryl methyl sites for hydroxylation is 1. The number of hydrogen-bond donors (Lipinski definition) is 0. The number of alkyl halides is 3. The van der Waals surface area contributed by atoms with Crippen LogP contribution in [-0.4, -0.2) is 20.0 Å². The van der Waals surface area contributed by atoms with E-state index >= 15 is 0 Å². The van der Waals surface area contributed by atoms with E-state index in [4.69, 9.17) is 4.74 Å². The predicted octanol–water partition coefficient (Wildman–Crippen LogP) is 4.15. The Morgan fingerprint density at radius 3 is 2.68 bits per heavy atom. The molecule has 0 saturated heterocycles. The fraction of sp³-hybridized carbons (Fsp3) is 0.231. The molecular weight excluding hydrogens is 385 g/mol. The lowest BCUT2D eigenvalue weighted by Gasteiger charge is -2.14. The third kappa shape index (κ3) is 4.51. The van der Waals surface area contributed by atoms with Gasteiger partial charge in [-0.1, -0.05) is 12.1 Å². The predicted molar refractivity (Wildman–Crippen MR) is 79.2 cm³/mol. The van der Waals surface area contributed by atoms with Crippen LogP contribution in [0.3, 0.4) is 0 Å². The molecule has 0 atom stereocenters. The van der Waals surface area contributed by atoms with E-state index in [2.05, 4.69) is 21.0 Å². The first-order valence-corrected chi connectivity index (χ1v) is 7.57. The van der Waals surface area contributed by atoms with Crippen molar-refractivity contribution in [3.05, 3.63) is 41.6 Å². The molecule has 0 aliphatic carbocycles. The molecule has 0 unspecified atom stereocenters. The molecule has 0 N–H and O–H groups in total. The summed E-state index contributed by atoms with van der Waals surface area (Å²) in [6, 6.07) is 5.71. The van der Waals surface area contributed by atoms with Crippen molar-refractivity contribution in [2.75, 3.05) is 0 Å². The summed E-state index contributed by atoms with van der Waals surface area (Å²) in [6.07, 6.45) is 1.64. The first kappa shape index (κ1) is 16.9. The first-order chi connectivity index (χ1) is 10.3. The number of hydrogen-bond acceptors (Lipinski definition) is 4. The number of aromatic nitrogens is 2. The molecule has 22 heavy (non-hydrogen) atoms. The van der Waals surface area contributed by atoms with E-state index in [1.807, 2.05) is 0 Å². The highest BCUT2D eigenvalue weighted by molar-refractivity contribution is 9.18. The third-order valence-corrected chi connectivity index (χ3v) is 3.89. The van der Waals surface area contributed by atoms with Gasteiger partial charge in [0.1, 0.15) is 6.61 Å². The van der Waals surface area contributed by atoms with Gasteiger partial charge in [-0.15, -0.1) is 5.10 Å². The van der Waals surface area contributed by atoms with Gasteiger partial charge in [0, 0.05) is 35.3 Å². The van der Waals surface area contributed by atoms with Crippen LogP contribution in [0.1, 0.15) is 15.9 Å². The molecule has 0 radical (unpaired) electrons. The molecule has 1 aromatic carbocycles. The maximum atomic E-state index is 12.6. The largest absolute Gasteiger partial charge is 0.472 e. The molecule has 2 rings (SSSR count). The molecule has 0 amide bonds. The van der Waals surface area contributed by atoms with Gasteiger partial charge in [-0.05, 0) is 33.8 Å². The molecule has 0 bridgehead atoms. The Kier molecular flexibility index (Phi) is 5.17. The van der Waals surface area contributed by atoms with Crippen LogP contribution in [0.15, 0.2) is 35.4 Å². The summed E-state index contributed by atoms with van der Waals surface area (Å²) in [5.74, 6) is 0.266. The van der Waals surface area contributed by atoms with Crippen LogP contribution in [-0.2, 0) is 13.7 Å². The quantitative estimate of drug-likeness (QED) is 0.564. The molecule has 118 valence electrons. The molecule has 4 nitrogen and oxygen atoms in total. The lowest BCUT2D eigenvalue weighted by Crippen LogP contribution is -2.07. The number of benzene rings is 1. The van der Waals surface area contributed by atoms with Crippen molar-refractivity contribution in [3.8, 4) is 5.88 Å². The van der Waals surface area contributed by atoms with E-state index in [0.717, 1.165) is 0 Å². The summed E-state index contributed by atoms with van der Waals surface area (Å²) < 4.78 is 44.3. The van der Waals surface area contributed by atoms with E-state index in [9.17, 15) is 18.0 Å². The highest BCUT2D eigenvalue weighted by atomic mass is 79.9. The van der Waals surface area contributed by atoms with Crippen LogP contribution >= 0.6 is 27.7 Å². The zero-order chi connectivity index (χ0) is 16.3. The van der Waals surface area contributed by atoms with Gasteiger partial charge in [-0.25, -0.2) is 0 Å². The Balaban J connectivity index is 2.30. The summed E-state index contributed by atoms with van der Waals surface area (Å²) in [7, 11) is 1.69.